The van der Waals surface area contributed by atoms with Gasteiger partial charge in [-0.05, 0) is 26.4 Å². The molecule has 0 heterocycles. The largest absolute Gasteiger partial charge is 0.386 e. The summed E-state index contributed by atoms with van der Waals surface area (Å²) in [4.78, 5) is 2.16. The topological polar surface area (TPSA) is 53.1 Å². The number of unbranched alkanes of at least 4 members (excludes halogenated alkanes) is 1. The fourth-order valence-corrected chi connectivity index (χ4v) is 1.33. The number of nitrogens with zero attached hydrogens (tertiary/aromatic N) is 1. The lowest BCUT2D eigenvalue weighted by Gasteiger charge is -2.25. The van der Waals surface area contributed by atoms with Crippen molar-refractivity contribution in [3.05, 3.63) is 0 Å². The average Bonchev–Trinajstić information content (AvgIpc) is 2.01. The first-order chi connectivity index (χ1) is 5.63. The van der Waals surface area contributed by atoms with Crippen LogP contribution in [0.1, 0.15) is 33.1 Å². The van der Waals surface area contributed by atoms with Crippen molar-refractivity contribution in [1.29, 1.82) is 5.41 Å². The molecule has 0 aromatic carbocycles. The van der Waals surface area contributed by atoms with Crippen LogP contribution in [0.25, 0.3) is 0 Å². The van der Waals surface area contributed by atoms with Crippen molar-refractivity contribution in [3.63, 3.8) is 0 Å². The van der Waals surface area contributed by atoms with E-state index in [9.17, 15) is 0 Å². The monoisotopic (exact) mass is 171 g/mol. The fraction of sp³-hybridized carbons (Fsp3) is 0.889. The van der Waals surface area contributed by atoms with Gasteiger partial charge < -0.3 is 5.73 Å². The Morgan fingerprint density at radius 3 is 2.42 bits per heavy atom. The van der Waals surface area contributed by atoms with Gasteiger partial charge in [-0.1, -0.05) is 20.3 Å². The van der Waals surface area contributed by atoms with Crippen molar-refractivity contribution in [2.24, 2.45) is 5.73 Å². The second-order valence-corrected chi connectivity index (χ2v) is 3.21. The van der Waals surface area contributed by atoms with Crippen molar-refractivity contribution in [2.75, 3.05) is 13.6 Å². The Bertz CT molecular complexity index is 134. The summed E-state index contributed by atoms with van der Waals surface area (Å²) < 4.78 is 0. The normalized spacial score (nSPS) is 13.3. The van der Waals surface area contributed by atoms with E-state index < -0.39 is 0 Å². The molecule has 1 atom stereocenters. The molecule has 0 radical (unpaired) electrons. The molecule has 72 valence electrons. The van der Waals surface area contributed by atoms with Crippen molar-refractivity contribution < 1.29 is 0 Å². The van der Waals surface area contributed by atoms with E-state index in [1.165, 1.54) is 12.8 Å². The smallest absolute Gasteiger partial charge is 0.108 e. The van der Waals surface area contributed by atoms with Gasteiger partial charge in [0, 0.05) is 0 Å². The van der Waals surface area contributed by atoms with E-state index in [0.717, 1.165) is 13.0 Å². The van der Waals surface area contributed by atoms with E-state index >= 15 is 0 Å². The van der Waals surface area contributed by atoms with Gasteiger partial charge in [0.05, 0.1) is 6.04 Å². The zero-order chi connectivity index (χ0) is 9.56. The molecule has 0 aromatic rings. The van der Waals surface area contributed by atoms with Crippen molar-refractivity contribution >= 4 is 5.84 Å². The molecule has 0 amide bonds. The summed E-state index contributed by atoms with van der Waals surface area (Å²) in [6, 6.07) is 0.136. The summed E-state index contributed by atoms with van der Waals surface area (Å²) in [6.07, 6.45) is 3.30. The second-order valence-electron chi connectivity index (χ2n) is 3.21. The molecule has 3 heteroatoms. The Labute approximate surface area is 75.4 Å². The third-order valence-corrected chi connectivity index (χ3v) is 2.14. The fourth-order valence-electron chi connectivity index (χ4n) is 1.33. The molecule has 0 saturated carbocycles. The zero-order valence-electron chi connectivity index (χ0n) is 8.43. The number of amidine groups is 1. The molecule has 0 aromatic heterocycles. The second kappa shape index (κ2) is 6.00. The van der Waals surface area contributed by atoms with Gasteiger partial charge in [0.15, 0.2) is 0 Å². The minimum Gasteiger partial charge on any atom is -0.386 e. The number of nitrogens with one attached hydrogen (secondary N) is 1. The average molecular weight is 171 g/mol. The Morgan fingerprint density at radius 2 is 2.08 bits per heavy atom. The third kappa shape index (κ3) is 3.72. The van der Waals surface area contributed by atoms with Crippen LogP contribution in [0.4, 0.5) is 0 Å². The van der Waals surface area contributed by atoms with E-state index in [1.807, 2.05) is 7.05 Å². The van der Waals surface area contributed by atoms with Gasteiger partial charge in [0.1, 0.15) is 5.84 Å². The number of hydrogen-bond acceptors (Lipinski definition) is 2. The van der Waals surface area contributed by atoms with Crippen LogP contribution < -0.4 is 5.73 Å². The van der Waals surface area contributed by atoms with Crippen LogP contribution in [0.3, 0.4) is 0 Å². The van der Waals surface area contributed by atoms with Crippen molar-refractivity contribution in [2.45, 2.75) is 39.2 Å². The van der Waals surface area contributed by atoms with Crippen molar-refractivity contribution in [1.82, 2.24) is 4.90 Å². The first-order valence-corrected chi connectivity index (χ1v) is 4.67. The van der Waals surface area contributed by atoms with Crippen LogP contribution in [0, 0.1) is 5.41 Å². The zero-order valence-corrected chi connectivity index (χ0v) is 8.43. The third-order valence-electron chi connectivity index (χ3n) is 2.14. The molecule has 1 unspecified atom stereocenters. The summed E-state index contributed by atoms with van der Waals surface area (Å²) in [6.45, 7) is 5.27. The molecule has 3 N–H and O–H groups in total. The van der Waals surface area contributed by atoms with Gasteiger partial charge in [-0.25, -0.2) is 0 Å². The molecule has 0 aliphatic rings. The maximum Gasteiger partial charge on any atom is 0.108 e. The Hall–Kier alpha value is -0.570. The summed E-state index contributed by atoms with van der Waals surface area (Å²) >= 11 is 0. The molecule has 0 bridgehead atoms. The molecular weight excluding hydrogens is 150 g/mol. The molecule has 0 spiro atoms. The van der Waals surface area contributed by atoms with E-state index in [2.05, 4.69) is 18.7 Å². The highest BCUT2D eigenvalue weighted by atomic mass is 15.1. The molecule has 12 heavy (non-hydrogen) atoms. The van der Waals surface area contributed by atoms with E-state index in [0.29, 0.717) is 0 Å². The highest BCUT2D eigenvalue weighted by molar-refractivity contribution is 5.82. The minimum atomic E-state index is 0.136. The lowest BCUT2D eigenvalue weighted by atomic mass is 10.1. The van der Waals surface area contributed by atoms with Crippen LogP contribution in [0.5, 0.6) is 0 Å². The number of nitrogens with two attached hydrogens (primary N) is 1. The Morgan fingerprint density at radius 1 is 1.50 bits per heavy atom. The van der Waals surface area contributed by atoms with E-state index in [1.54, 1.807) is 0 Å². The van der Waals surface area contributed by atoms with Gasteiger partial charge in [-0.3, -0.25) is 10.3 Å². The van der Waals surface area contributed by atoms with Gasteiger partial charge >= 0.3 is 0 Å². The SMILES string of the molecule is CCCCN(C)C(CC)C(=N)N. The highest BCUT2D eigenvalue weighted by Gasteiger charge is 2.14. The number of likely N-dealkylation sites (N-methyl/N-ethyl adjacent to an activating group) is 1. The molecule has 0 aliphatic carbocycles. The predicted molar refractivity (Wildman–Crippen MR) is 53.5 cm³/mol. The van der Waals surface area contributed by atoms with Gasteiger partial charge in [-0.2, -0.15) is 0 Å². The van der Waals surface area contributed by atoms with Gasteiger partial charge in [0.25, 0.3) is 0 Å². The first kappa shape index (κ1) is 11.4. The lowest BCUT2D eigenvalue weighted by molar-refractivity contribution is 0.284. The summed E-state index contributed by atoms with van der Waals surface area (Å²) in [7, 11) is 2.03. The van der Waals surface area contributed by atoms with E-state index in [4.69, 9.17) is 11.1 Å². The van der Waals surface area contributed by atoms with Crippen LogP contribution in [0.2, 0.25) is 0 Å². The molecule has 0 saturated heterocycles. The highest BCUT2D eigenvalue weighted by Crippen LogP contribution is 2.02. The van der Waals surface area contributed by atoms with Gasteiger partial charge in [0.2, 0.25) is 0 Å². The lowest BCUT2D eigenvalue weighted by Crippen LogP contribution is -2.42. The van der Waals surface area contributed by atoms with Crippen LogP contribution >= 0.6 is 0 Å². The first-order valence-electron chi connectivity index (χ1n) is 4.67. The van der Waals surface area contributed by atoms with Crippen molar-refractivity contribution in [3.8, 4) is 0 Å². The summed E-state index contributed by atoms with van der Waals surface area (Å²) in [5.74, 6) is 0.288. The molecule has 3 nitrogen and oxygen atoms in total. The molecule has 0 fully saturated rings. The summed E-state index contributed by atoms with van der Waals surface area (Å²) in [5.41, 5.74) is 5.46. The standard InChI is InChI=1S/C9H21N3/c1-4-6-7-12(3)8(5-2)9(10)11/h8H,4-7H2,1-3H3,(H3,10,11). The van der Waals surface area contributed by atoms with E-state index in [-0.39, 0.29) is 11.9 Å². The molecule has 0 aliphatic heterocycles. The minimum absolute atomic E-state index is 0.136. The number of rotatable bonds is 6. The summed E-state index contributed by atoms with van der Waals surface area (Å²) in [5, 5.41) is 7.35. The number of hydrogen-bond donors (Lipinski definition) is 2. The van der Waals surface area contributed by atoms with Gasteiger partial charge in [-0.15, -0.1) is 0 Å². The molecular formula is C9H21N3. The maximum absolute atomic E-state index is 7.35. The Kier molecular flexibility index (Phi) is 5.72. The predicted octanol–water partition coefficient (Wildman–Crippen LogP) is 1.43. The van der Waals surface area contributed by atoms with Crippen LogP contribution in [-0.2, 0) is 0 Å². The van der Waals surface area contributed by atoms with Crippen LogP contribution in [0.15, 0.2) is 0 Å². The maximum atomic E-state index is 7.35. The Balaban J connectivity index is 3.85. The van der Waals surface area contributed by atoms with Crippen LogP contribution in [-0.4, -0.2) is 30.4 Å². The molecule has 0 rings (SSSR count). The quantitative estimate of drug-likeness (QED) is 0.469.